The number of nitrogens with two attached hydrogens (primary N) is 1. The van der Waals surface area contributed by atoms with Crippen molar-refractivity contribution >= 4 is 29.0 Å². The second-order valence-corrected chi connectivity index (χ2v) is 6.64. The molecule has 0 saturated carbocycles. The van der Waals surface area contributed by atoms with Gasteiger partial charge < -0.3 is 20.7 Å². The molecule has 1 fully saturated rings. The molecule has 27 heavy (non-hydrogen) atoms. The number of carbonyl (C=O) groups is 1. The molecule has 1 saturated heterocycles. The monoisotopic (exact) mass is 369 g/mol. The molecule has 7 nitrogen and oxygen atoms in total. The van der Waals surface area contributed by atoms with Crippen LogP contribution in [0.5, 0.6) is 0 Å². The van der Waals surface area contributed by atoms with Gasteiger partial charge in [0.25, 0.3) is 0 Å². The summed E-state index contributed by atoms with van der Waals surface area (Å²) in [6.45, 7) is 5.28. The Bertz CT molecular complexity index is 796. The molecule has 1 unspecified atom stereocenters. The number of nitrogens with zero attached hydrogens (tertiary/aromatic N) is 3. The molecule has 0 aliphatic carbocycles. The minimum Gasteiger partial charge on any atom is -0.462 e. The van der Waals surface area contributed by atoms with Crippen LogP contribution in [0.2, 0.25) is 0 Å². The number of esters is 1. The summed E-state index contributed by atoms with van der Waals surface area (Å²) in [5.41, 5.74) is 8.14. The molecule has 1 aromatic carbocycles. The third-order valence-electron chi connectivity index (χ3n) is 4.87. The van der Waals surface area contributed by atoms with Gasteiger partial charge in [0.1, 0.15) is 12.0 Å². The van der Waals surface area contributed by atoms with Crippen molar-refractivity contribution in [2.75, 3.05) is 29.1 Å². The lowest BCUT2D eigenvalue weighted by Crippen LogP contribution is -2.40. The van der Waals surface area contributed by atoms with Gasteiger partial charge in [-0.1, -0.05) is 13.0 Å². The van der Waals surface area contributed by atoms with Gasteiger partial charge in [0.2, 0.25) is 0 Å². The average molecular weight is 369 g/mol. The zero-order valence-electron chi connectivity index (χ0n) is 15.9. The van der Waals surface area contributed by atoms with E-state index < -0.39 is 0 Å². The van der Waals surface area contributed by atoms with Gasteiger partial charge in [-0.15, -0.1) is 0 Å². The van der Waals surface area contributed by atoms with Crippen LogP contribution in [-0.4, -0.2) is 35.1 Å². The summed E-state index contributed by atoms with van der Waals surface area (Å²) >= 11 is 0. The zero-order valence-corrected chi connectivity index (χ0v) is 15.9. The molecule has 3 rings (SSSR count). The lowest BCUT2D eigenvalue weighted by Gasteiger charge is -2.36. The number of benzene rings is 1. The van der Waals surface area contributed by atoms with Crippen LogP contribution in [0.4, 0.5) is 23.0 Å². The van der Waals surface area contributed by atoms with Crippen molar-refractivity contribution < 1.29 is 9.53 Å². The zero-order chi connectivity index (χ0) is 19.2. The first-order valence-corrected chi connectivity index (χ1v) is 9.55. The fourth-order valence-electron chi connectivity index (χ4n) is 3.49. The average Bonchev–Trinajstić information content (AvgIpc) is 2.70. The molecule has 0 spiro atoms. The highest BCUT2D eigenvalue weighted by Gasteiger charge is 2.25. The second-order valence-electron chi connectivity index (χ2n) is 6.64. The molecule has 1 aliphatic rings. The van der Waals surface area contributed by atoms with E-state index in [9.17, 15) is 4.79 Å². The molecule has 2 heterocycles. The Morgan fingerprint density at radius 2 is 2.19 bits per heavy atom. The number of anilines is 4. The van der Waals surface area contributed by atoms with Crippen LogP contribution < -0.4 is 16.0 Å². The number of aromatic nitrogens is 2. The van der Waals surface area contributed by atoms with E-state index in [0.717, 1.165) is 37.3 Å². The van der Waals surface area contributed by atoms with Gasteiger partial charge >= 0.3 is 5.97 Å². The van der Waals surface area contributed by atoms with E-state index in [1.165, 1.54) is 12.7 Å². The van der Waals surface area contributed by atoms with E-state index in [1.54, 1.807) is 25.1 Å². The van der Waals surface area contributed by atoms with E-state index in [4.69, 9.17) is 10.5 Å². The van der Waals surface area contributed by atoms with Crippen molar-refractivity contribution in [3.63, 3.8) is 0 Å². The lowest BCUT2D eigenvalue weighted by molar-refractivity contribution is 0.0526. The summed E-state index contributed by atoms with van der Waals surface area (Å²) < 4.78 is 5.06. The van der Waals surface area contributed by atoms with Crippen molar-refractivity contribution in [1.29, 1.82) is 0 Å². The molecule has 0 radical (unpaired) electrons. The maximum Gasteiger partial charge on any atom is 0.338 e. The number of nitrogen functional groups attached to an aromatic ring is 1. The molecule has 3 N–H and O–H groups in total. The molecular weight excluding hydrogens is 342 g/mol. The molecular formula is C20H27N5O2. The number of ether oxygens (including phenoxy) is 1. The minimum absolute atomic E-state index is 0.340. The van der Waals surface area contributed by atoms with Crippen LogP contribution in [-0.2, 0) is 4.74 Å². The van der Waals surface area contributed by atoms with Crippen molar-refractivity contribution in [3.8, 4) is 0 Å². The van der Waals surface area contributed by atoms with E-state index in [0.29, 0.717) is 29.7 Å². The van der Waals surface area contributed by atoms with Crippen molar-refractivity contribution in [1.82, 2.24) is 9.97 Å². The summed E-state index contributed by atoms with van der Waals surface area (Å²) in [6, 6.07) is 7.56. The number of nitrogens with one attached hydrogen (secondary N) is 1. The molecule has 2 aromatic rings. The number of piperidine rings is 1. The highest BCUT2D eigenvalue weighted by Crippen LogP contribution is 2.33. The van der Waals surface area contributed by atoms with Gasteiger partial charge in [-0.2, -0.15) is 0 Å². The molecule has 1 aliphatic heterocycles. The van der Waals surface area contributed by atoms with E-state index in [-0.39, 0.29) is 5.97 Å². The molecule has 1 aromatic heterocycles. The SMILES string of the molecule is CCOC(=O)c1cccc(Nc2ncnc(N3CCCCC3CC)c2N)c1. The van der Waals surface area contributed by atoms with Gasteiger partial charge in [0.05, 0.1) is 12.2 Å². The van der Waals surface area contributed by atoms with Gasteiger partial charge in [0, 0.05) is 18.3 Å². The van der Waals surface area contributed by atoms with Crippen LogP contribution in [0.25, 0.3) is 0 Å². The summed E-state index contributed by atoms with van der Waals surface area (Å²) in [7, 11) is 0. The van der Waals surface area contributed by atoms with Crippen LogP contribution >= 0.6 is 0 Å². The lowest BCUT2D eigenvalue weighted by atomic mass is 10.00. The Labute approximate surface area is 159 Å². The van der Waals surface area contributed by atoms with Gasteiger partial charge in [-0.05, 0) is 50.8 Å². The third-order valence-corrected chi connectivity index (χ3v) is 4.87. The fraction of sp³-hybridized carbons (Fsp3) is 0.450. The fourth-order valence-corrected chi connectivity index (χ4v) is 3.49. The highest BCUT2D eigenvalue weighted by molar-refractivity contribution is 5.91. The van der Waals surface area contributed by atoms with E-state index in [1.807, 2.05) is 6.07 Å². The standard InChI is InChI=1S/C20H27N5O2/c1-3-16-10-5-6-11-25(16)19-17(21)18(22-13-23-19)24-15-9-7-8-14(12-15)20(26)27-4-2/h7-9,12-13,16H,3-6,10-11,21H2,1-2H3,(H,22,23,24). The van der Waals surface area contributed by atoms with Crippen LogP contribution in [0.1, 0.15) is 49.9 Å². The largest absolute Gasteiger partial charge is 0.462 e. The first-order chi connectivity index (χ1) is 13.1. The molecule has 1 atom stereocenters. The van der Waals surface area contributed by atoms with Gasteiger partial charge in [0.15, 0.2) is 11.6 Å². The number of hydrogen-bond donors (Lipinski definition) is 2. The van der Waals surface area contributed by atoms with Crippen LogP contribution in [0, 0.1) is 0 Å². The summed E-state index contributed by atoms with van der Waals surface area (Å²) in [5, 5.41) is 3.21. The molecule has 7 heteroatoms. The molecule has 0 bridgehead atoms. The number of rotatable bonds is 6. The normalized spacial score (nSPS) is 16.8. The Morgan fingerprint density at radius 3 is 2.96 bits per heavy atom. The highest BCUT2D eigenvalue weighted by atomic mass is 16.5. The smallest absolute Gasteiger partial charge is 0.338 e. The Kier molecular flexibility index (Phi) is 6.11. The predicted octanol–water partition coefficient (Wildman–Crippen LogP) is 3.75. The maximum absolute atomic E-state index is 11.9. The summed E-state index contributed by atoms with van der Waals surface area (Å²) in [5.74, 6) is 0.971. The van der Waals surface area contributed by atoms with Crippen molar-refractivity contribution in [2.24, 2.45) is 0 Å². The molecule has 0 amide bonds. The topological polar surface area (TPSA) is 93.4 Å². The summed E-state index contributed by atoms with van der Waals surface area (Å²) in [4.78, 5) is 23.0. The van der Waals surface area contributed by atoms with E-state index >= 15 is 0 Å². The third kappa shape index (κ3) is 4.30. The molecule has 144 valence electrons. The Morgan fingerprint density at radius 1 is 1.33 bits per heavy atom. The van der Waals surface area contributed by atoms with Gasteiger partial charge in [-0.3, -0.25) is 0 Å². The minimum atomic E-state index is -0.350. The first-order valence-electron chi connectivity index (χ1n) is 9.55. The number of carbonyl (C=O) groups excluding carboxylic acids is 1. The van der Waals surface area contributed by atoms with Gasteiger partial charge in [-0.25, -0.2) is 14.8 Å². The van der Waals surface area contributed by atoms with Crippen molar-refractivity contribution in [2.45, 2.75) is 45.6 Å². The quantitative estimate of drug-likeness (QED) is 0.749. The van der Waals surface area contributed by atoms with Crippen LogP contribution in [0.15, 0.2) is 30.6 Å². The van der Waals surface area contributed by atoms with Crippen LogP contribution in [0.3, 0.4) is 0 Å². The predicted molar refractivity (Wildman–Crippen MR) is 107 cm³/mol. The Balaban J connectivity index is 1.84. The number of hydrogen-bond acceptors (Lipinski definition) is 7. The second kappa shape index (κ2) is 8.70. The van der Waals surface area contributed by atoms with Crippen molar-refractivity contribution in [3.05, 3.63) is 36.2 Å². The first kappa shape index (κ1) is 18.9. The Hall–Kier alpha value is -2.83. The maximum atomic E-state index is 11.9. The summed E-state index contributed by atoms with van der Waals surface area (Å²) in [6.07, 6.45) is 6.14. The van der Waals surface area contributed by atoms with E-state index in [2.05, 4.69) is 27.1 Å².